The Balaban J connectivity index is 3.54. The van der Waals surface area contributed by atoms with Crippen LogP contribution >= 0.6 is 0 Å². The predicted octanol–water partition coefficient (Wildman–Crippen LogP) is 1.12. The Morgan fingerprint density at radius 3 is 1.43 bits per heavy atom. The van der Waals surface area contributed by atoms with E-state index in [9.17, 15) is 24.0 Å². The second-order valence-electron chi connectivity index (χ2n) is 7.74. The summed E-state index contributed by atoms with van der Waals surface area (Å²) in [5.74, 6) is -3.11. The van der Waals surface area contributed by atoms with Crippen molar-refractivity contribution in [2.75, 3.05) is 54.0 Å². The first kappa shape index (κ1) is 30.8. The number of likely N-dealkylation sites (N-methyl/N-ethyl adjacent to an activating group) is 3. The molecule has 1 rings (SSSR count). The fourth-order valence-electron chi connectivity index (χ4n) is 3.09. The van der Waals surface area contributed by atoms with E-state index in [1.165, 1.54) is 9.80 Å². The molecule has 1 unspecified atom stereocenters. The van der Waals surface area contributed by atoms with Crippen molar-refractivity contribution in [1.82, 2.24) is 15.0 Å². The van der Waals surface area contributed by atoms with E-state index in [0.29, 0.717) is 6.54 Å². The van der Waals surface area contributed by atoms with Crippen molar-refractivity contribution in [3.05, 3.63) is 38.0 Å². The van der Waals surface area contributed by atoms with Crippen molar-refractivity contribution in [1.29, 1.82) is 0 Å². The van der Waals surface area contributed by atoms with Crippen molar-refractivity contribution in [2.45, 2.75) is 33.8 Å². The number of ether oxygens (including phenoxy) is 1. The third-order valence-corrected chi connectivity index (χ3v) is 5.14. The Hall–Kier alpha value is -4.22. The van der Waals surface area contributed by atoms with Crippen LogP contribution in [0.5, 0.6) is 0 Å². The van der Waals surface area contributed by atoms with Crippen LogP contribution in [0.4, 0.5) is 17.8 Å². The van der Waals surface area contributed by atoms with Crippen LogP contribution in [0.25, 0.3) is 0 Å². The lowest BCUT2D eigenvalue weighted by molar-refractivity contribution is -0.141. The zero-order valence-electron chi connectivity index (χ0n) is 21.8. The molecule has 37 heavy (non-hydrogen) atoms. The van der Waals surface area contributed by atoms with Gasteiger partial charge in [0, 0.05) is 25.7 Å². The van der Waals surface area contributed by atoms with Crippen LogP contribution < -0.4 is 14.7 Å². The van der Waals surface area contributed by atoms with Crippen LogP contribution in [0.1, 0.15) is 27.7 Å². The summed E-state index contributed by atoms with van der Waals surface area (Å²) in [6.07, 6.45) is 2.39. The lowest BCUT2D eigenvalue weighted by atomic mass is 10.2. The number of anilines is 3. The van der Waals surface area contributed by atoms with E-state index < -0.39 is 35.2 Å². The van der Waals surface area contributed by atoms with Gasteiger partial charge in [-0.3, -0.25) is 19.2 Å². The molecule has 0 amide bonds. The van der Waals surface area contributed by atoms with Gasteiger partial charge in [0.2, 0.25) is 41.0 Å². The molecule has 1 heterocycles. The molecule has 0 aliphatic carbocycles. The first-order valence-corrected chi connectivity index (χ1v) is 11.8. The highest BCUT2D eigenvalue weighted by Gasteiger charge is 2.24. The fourth-order valence-corrected chi connectivity index (χ4v) is 3.09. The van der Waals surface area contributed by atoms with E-state index in [-0.39, 0.29) is 50.6 Å². The molecule has 0 spiro atoms. The Morgan fingerprint density at radius 1 is 0.730 bits per heavy atom. The van der Waals surface area contributed by atoms with Crippen molar-refractivity contribution in [2.24, 2.45) is 0 Å². The summed E-state index contributed by atoms with van der Waals surface area (Å²) in [6, 6.07) is 0. The van der Waals surface area contributed by atoms with Crippen LogP contribution in [0.3, 0.4) is 0 Å². The lowest BCUT2D eigenvalue weighted by Crippen LogP contribution is -2.39. The number of esters is 1. The Labute approximate surface area is 216 Å². The highest BCUT2D eigenvalue weighted by atomic mass is 16.5. The minimum absolute atomic E-state index is 0.0860. The zero-order valence-corrected chi connectivity index (χ0v) is 21.8. The van der Waals surface area contributed by atoms with Crippen molar-refractivity contribution < 1.29 is 28.7 Å². The molecule has 1 atom stereocenters. The molecule has 0 saturated heterocycles. The maximum Gasteiger partial charge on any atom is 0.330 e. The average Bonchev–Trinajstić information content (AvgIpc) is 2.91. The van der Waals surface area contributed by atoms with Crippen LogP contribution in [0, 0.1) is 0 Å². The summed E-state index contributed by atoms with van der Waals surface area (Å²) >= 11 is 0. The van der Waals surface area contributed by atoms with Gasteiger partial charge in [-0.15, -0.1) is 0 Å². The number of nitrogens with zero attached hydrogens (tertiary/aromatic N) is 6. The molecule has 0 radical (unpaired) electrons. The number of aromatic nitrogens is 3. The number of hydrogen-bond donors (Lipinski definition) is 0. The fraction of sp³-hybridized carbons (Fsp3) is 0.440. The number of Topliss-reactive ketones (excluding diaryl/α,β-unsaturated/α-hetero) is 2. The third kappa shape index (κ3) is 9.06. The van der Waals surface area contributed by atoms with E-state index in [1.54, 1.807) is 25.7 Å². The molecule has 1 aromatic rings. The Kier molecular flexibility index (Phi) is 12.5. The Morgan fingerprint density at radius 2 is 1.11 bits per heavy atom. The molecule has 0 aliphatic heterocycles. The molecule has 1 aromatic heterocycles. The number of carbonyl (C=O) groups is 5. The molecule has 0 saturated carbocycles. The second kappa shape index (κ2) is 15.0. The topological polar surface area (TPSA) is 143 Å². The molecule has 0 fully saturated rings. The summed E-state index contributed by atoms with van der Waals surface area (Å²) in [5.41, 5.74) is 0. The highest BCUT2D eigenvalue weighted by molar-refractivity contribution is 6.43. The molecule has 12 nitrogen and oxygen atoms in total. The summed E-state index contributed by atoms with van der Waals surface area (Å²) in [4.78, 5) is 77.9. The predicted molar refractivity (Wildman–Crippen MR) is 140 cm³/mol. The molecule has 0 bridgehead atoms. The standard InChI is InChI=1S/C25H34N6O6/c1-8-18(32)20(34)15-30(12-5)24-26-23(29(11-4)14-17(7)37-22(36)10-3)27-25(28-24)31(13-6)16-21(35)19(33)9-2/h8-10,17H,1-3,11-16H2,4-7H3. The van der Waals surface area contributed by atoms with Crippen LogP contribution in [0.15, 0.2) is 38.0 Å². The van der Waals surface area contributed by atoms with Gasteiger partial charge >= 0.3 is 5.97 Å². The van der Waals surface area contributed by atoms with E-state index in [2.05, 4.69) is 34.7 Å². The van der Waals surface area contributed by atoms with Gasteiger partial charge in [-0.2, -0.15) is 15.0 Å². The van der Waals surface area contributed by atoms with E-state index in [4.69, 9.17) is 4.74 Å². The highest BCUT2D eigenvalue weighted by Crippen LogP contribution is 2.20. The third-order valence-electron chi connectivity index (χ3n) is 5.14. The van der Waals surface area contributed by atoms with Crippen molar-refractivity contribution >= 4 is 46.9 Å². The van der Waals surface area contributed by atoms with E-state index in [1.807, 2.05) is 6.92 Å². The maximum absolute atomic E-state index is 12.3. The van der Waals surface area contributed by atoms with Crippen molar-refractivity contribution in [3.8, 4) is 0 Å². The maximum atomic E-state index is 12.3. The molecule has 0 aliphatic rings. The van der Waals surface area contributed by atoms with Gasteiger partial charge in [0.1, 0.15) is 6.10 Å². The second-order valence-corrected chi connectivity index (χ2v) is 7.74. The minimum Gasteiger partial charge on any atom is -0.458 e. The van der Waals surface area contributed by atoms with Gasteiger partial charge in [-0.25, -0.2) is 4.79 Å². The minimum atomic E-state index is -0.746. The Bertz CT molecular complexity index is 996. The number of allylic oxidation sites excluding steroid dienone is 2. The summed E-state index contributed by atoms with van der Waals surface area (Å²) in [7, 11) is 0. The number of ketones is 4. The van der Waals surface area contributed by atoms with Gasteiger partial charge in [0.05, 0.1) is 19.6 Å². The monoisotopic (exact) mass is 514 g/mol. The van der Waals surface area contributed by atoms with Crippen LogP contribution in [0.2, 0.25) is 0 Å². The molecule has 0 aromatic carbocycles. The summed E-state index contributed by atoms with van der Waals surface area (Å²) in [5, 5.41) is 0. The van der Waals surface area contributed by atoms with Crippen molar-refractivity contribution in [3.63, 3.8) is 0 Å². The van der Waals surface area contributed by atoms with Gasteiger partial charge < -0.3 is 19.4 Å². The SMILES string of the molecule is C=CC(=O)OC(C)CN(CC)c1nc(N(CC)CC(=O)C(=O)C=C)nc(N(CC)CC(=O)C(=O)C=C)n1. The van der Waals surface area contributed by atoms with Gasteiger partial charge in [-0.1, -0.05) is 19.7 Å². The van der Waals surface area contributed by atoms with Crippen LogP contribution in [-0.2, 0) is 28.7 Å². The molecule has 12 heteroatoms. The largest absolute Gasteiger partial charge is 0.458 e. The molecule has 200 valence electrons. The molecule has 0 N–H and O–H groups in total. The summed E-state index contributed by atoms with van der Waals surface area (Å²) in [6.45, 7) is 17.7. The van der Waals surface area contributed by atoms with Gasteiger partial charge in [0.15, 0.2) is 0 Å². The van der Waals surface area contributed by atoms with E-state index >= 15 is 0 Å². The zero-order chi connectivity index (χ0) is 28.1. The first-order valence-electron chi connectivity index (χ1n) is 11.8. The number of rotatable bonds is 18. The first-order chi connectivity index (χ1) is 17.5. The van der Waals surface area contributed by atoms with E-state index in [0.717, 1.165) is 18.2 Å². The summed E-state index contributed by atoms with van der Waals surface area (Å²) < 4.78 is 5.26. The van der Waals surface area contributed by atoms with Crippen LogP contribution in [-0.4, -0.2) is 89.4 Å². The normalized spacial score (nSPS) is 11.0. The molecular formula is C25H34N6O6. The average molecular weight is 515 g/mol. The lowest BCUT2D eigenvalue weighted by Gasteiger charge is -2.28. The molecular weight excluding hydrogens is 480 g/mol. The number of carbonyl (C=O) groups excluding carboxylic acids is 5. The van der Waals surface area contributed by atoms with Gasteiger partial charge in [-0.05, 0) is 39.8 Å². The smallest absolute Gasteiger partial charge is 0.330 e. The number of hydrogen-bond acceptors (Lipinski definition) is 12. The van der Waals surface area contributed by atoms with Gasteiger partial charge in [0.25, 0.3) is 0 Å². The quantitative estimate of drug-likeness (QED) is 0.157.